The summed E-state index contributed by atoms with van der Waals surface area (Å²) in [6.07, 6.45) is 1.29. The summed E-state index contributed by atoms with van der Waals surface area (Å²) in [5, 5.41) is 5.92. The van der Waals surface area contributed by atoms with Crippen molar-refractivity contribution in [3.63, 3.8) is 0 Å². The smallest absolute Gasteiger partial charge is 0.271 e. The molecule has 4 rings (SSSR count). The Labute approximate surface area is 191 Å². The van der Waals surface area contributed by atoms with Gasteiger partial charge in [0.25, 0.3) is 5.91 Å². The average molecular weight is 457 g/mol. The summed E-state index contributed by atoms with van der Waals surface area (Å²) in [6.45, 7) is 5.00. The van der Waals surface area contributed by atoms with Gasteiger partial charge in [0.05, 0.1) is 6.04 Å². The van der Waals surface area contributed by atoms with Crippen LogP contribution in [0.15, 0.2) is 30.3 Å². The molecule has 3 N–H and O–H groups in total. The number of likely N-dealkylation sites (tertiary alicyclic amines) is 1. The fraction of sp³-hybridized carbons (Fsp3) is 0.478. The lowest BCUT2D eigenvalue weighted by molar-refractivity contribution is -0.129. The Hall–Kier alpha value is -2.81. The third kappa shape index (κ3) is 4.53. The van der Waals surface area contributed by atoms with Crippen LogP contribution in [-0.2, 0) is 14.4 Å². The summed E-state index contributed by atoms with van der Waals surface area (Å²) in [5.41, 5.74) is 1.02. The van der Waals surface area contributed by atoms with E-state index in [0.29, 0.717) is 31.6 Å². The lowest BCUT2D eigenvalue weighted by Gasteiger charge is -2.26. The first-order valence-corrected chi connectivity index (χ1v) is 11.3. The fourth-order valence-corrected chi connectivity index (χ4v) is 4.87. The number of hydrogen-bond acceptors (Lipinski definition) is 4. The molecule has 0 radical (unpaired) electrons. The highest BCUT2D eigenvalue weighted by molar-refractivity contribution is 7.96. The zero-order chi connectivity index (χ0) is 23.0. The lowest BCUT2D eigenvalue weighted by Crippen LogP contribution is -2.51. The molecule has 0 aliphatic carbocycles. The molecule has 1 aromatic heterocycles. The lowest BCUT2D eigenvalue weighted by atomic mass is 9.90. The molecule has 2 fully saturated rings. The number of benzene rings is 1. The SMILES string of the molecule is CC1(C)C[C@@H](C(=O)N[C@@H](C[C@@H]2CCNC2=O)C(=O)S)N(C(=O)c2cc3ccccc3[nH]2)C1. The van der Waals surface area contributed by atoms with E-state index in [2.05, 4.69) is 28.2 Å². The third-order valence-corrected chi connectivity index (χ3v) is 6.65. The molecule has 0 unspecified atom stereocenters. The van der Waals surface area contributed by atoms with Gasteiger partial charge < -0.3 is 20.5 Å². The first kappa shape index (κ1) is 22.4. The van der Waals surface area contributed by atoms with Gasteiger partial charge in [-0.15, -0.1) is 12.6 Å². The minimum Gasteiger partial charge on any atom is -0.356 e. The Morgan fingerprint density at radius 2 is 2.03 bits per heavy atom. The van der Waals surface area contributed by atoms with Crippen LogP contribution in [-0.4, -0.2) is 57.9 Å². The molecule has 2 aliphatic rings. The maximum atomic E-state index is 13.3. The number of carbonyl (C=O) groups excluding carboxylic acids is 4. The maximum Gasteiger partial charge on any atom is 0.271 e. The maximum absolute atomic E-state index is 13.3. The molecule has 3 heterocycles. The zero-order valence-corrected chi connectivity index (χ0v) is 19.1. The van der Waals surface area contributed by atoms with E-state index in [1.54, 1.807) is 11.0 Å². The molecule has 0 spiro atoms. The Bertz CT molecular complexity index is 1050. The predicted molar refractivity (Wildman–Crippen MR) is 123 cm³/mol. The number of nitrogens with zero attached hydrogens (tertiary/aromatic N) is 1. The number of amides is 3. The van der Waals surface area contributed by atoms with E-state index in [9.17, 15) is 19.2 Å². The third-order valence-electron chi connectivity index (χ3n) is 6.34. The van der Waals surface area contributed by atoms with Crippen molar-refractivity contribution in [1.82, 2.24) is 20.5 Å². The average Bonchev–Trinajstić information content (AvgIpc) is 3.43. The van der Waals surface area contributed by atoms with Crippen LogP contribution in [0.4, 0.5) is 0 Å². The minimum absolute atomic E-state index is 0.114. The van der Waals surface area contributed by atoms with Crippen LogP contribution in [0.25, 0.3) is 10.9 Å². The molecule has 3 atom stereocenters. The van der Waals surface area contributed by atoms with E-state index >= 15 is 0 Å². The van der Waals surface area contributed by atoms with Gasteiger partial charge in [-0.05, 0) is 36.8 Å². The van der Waals surface area contributed by atoms with Gasteiger partial charge in [0.2, 0.25) is 16.9 Å². The van der Waals surface area contributed by atoms with Gasteiger partial charge in [-0.3, -0.25) is 19.2 Å². The van der Waals surface area contributed by atoms with Gasteiger partial charge in [0.15, 0.2) is 0 Å². The number of aromatic nitrogens is 1. The Balaban J connectivity index is 1.52. The summed E-state index contributed by atoms with van der Waals surface area (Å²) in [7, 11) is 0. The molecule has 170 valence electrons. The number of nitrogens with one attached hydrogen (secondary N) is 3. The second kappa shape index (κ2) is 8.61. The Kier molecular flexibility index (Phi) is 6.03. The highest BCUT2D eigenvalue weighted by atomic mass is 32.1. The van der Waals surface area contributed by atoms with Gasteiger partial charge in [-0.25, -0.2) is 0 Å². The number of carbonyl (C=O) groups is 4. The summed E-state index contributed by atoms with van der Waals surface area (Å²) in [4.78, 5) is 55.3. The summed E-state index contributed by atoms with van der Waals surface area (Å²) < 4.78 is 0. The van der Waals surface area contributed by atoms with Crippen LogP contribution < -0.4 is 10.6 Å². The summed E-state index contributed by atoms with van der Waals surface area (Å²) >= 11 is 3.92. The van der Waals surface area contributed by atoms with Crippen LogP contribution in [0.5, 0.6) is 0 Å². The van der Waals surface area contributed by atoms with Crippen molar-refractivity contribution in [1.29, 1.82) is 0 Å². The van der Waals surface area contributed by atoms with Crippen molar-refractivity contribution >= 4 is 46.4 Å². The largest absolute Gasteiger partial charge is 0.356 e. The molecule has 2 aromatic rings. The second-order valence-corrected chi connectivity index (χ2v) is 9.94. The number of H-pyrrole nitrogens is 1. The van der Waals surface area contributed by atoms with E-state index in [-0.39, 0.29) is 29.6 Å². The van der Waals surface area contributed by atoms with Crippen molar-refractivity contribution < 1.29 is 19.2 Å². The molecule has 32 heavy (non-hydrogen) atoms. The normalized spacial score (nSPS) is 23.2. The number of rotatable bonds is 6. The van der Waals surface area contributed by atoms with Crippen LogP contribution in [0, 0.1) is 11.3 Å². The highest BCUT2D eigenvalue weighted by Gasteiger charge is 2.45. The van der Waals surface area contributed by atoms with E-state index in [4.69, 9.17) is 0 Å². The molecular formula is C23H28N4O4S. The molecule has 8 nitrogen and oxygen atoms in total. The summed E-state index contributed by atoms with van der Waals surface area (Å²) in [5.74, 6) is -1.10. The van der Waals surface area contributed by atoms with Gasteiger partial charge in [0, 0.05) is 29.9 Å². The number of fused-ring (bicyclic) bond motifs is 1. The van der Waals surface area contributed by atoms with Crippen molar-refractivity contribution in [2.24, 2.45) is 11.3 Å². The molecule has 3 amide bonds. The Morgan fingerprint density at radius 1 is 1.28 bits per heavy atom. The van der Waals surface area contributed by atoms with Crippen LogP contribution >= 0.6 is 12.6 Å². The van der Waals surface area contributed by atoms with Crippen molar-refractivity contribution in [2.75, 3.05) is 13.1 Å². The predicted octanol–water partition coefficient (Wildman–Crippen LogP) is 1.88. The number of aromatic amines is 1. The van der Waals surface area contributed by atoms with Gasteiger partial charge >= 0.3 is 0 Å². The van der Waals surface area contributed by atoms with Crippen molar-refractivity contribution in [2.45, 2.75) is 45.2 Å². The first-order chi connectivity index (χ1) is 15.1. The molecule has 2 aliphatic heterocycles. The molecule has 2 saturated heterocycles. The van der Waals surface area contributed by atoms with Gasteiger partial charge in [-0.1, -0.05) is 32.0 Å². The molecule has 0 bridgehead atoms. The van der Waals surface area contributed by atoms with E-state index in [1.807, 2.05) is 38.1 Å². The molecule has 9 heteroatoms. The minimum atomic E-state index is -0.881. The molecule has 1 aromatic carbocycles. The number of para-hydroxylation sites is 1. The molecule has 0 saturated carbocycles. The second-order valence-electron chi connectivity index (χ2n) is 9.50. The fourth-order valence-electron chi connectivity index (χ4n) is 4.70. The van der Waals surface area contributed by atoms with E-state index < -0.39 is 23.1 Å². The Morgan fingerprint density at radius 3 is 2.69 bits per heavy atom. The van der Waals surface area contributed by atoms with E-state index in [0.717, 1.165) is 10.9 Å². The van der Waals surface area contributed by atoms with E-state index in [1.165, 1.54) is 0 Å². The monoisotopic (exact) mass is 456 g/mol. The van der Waals surface area contributed by atoms with Crippen LogP contribution in [0.1, 0.15) is 43.6 Å². The standard InChI is InChI=1S/C23H28N4O4S/c1-23(2)11-18(20(29)26-17(22(31)32)10-14-7-8-24-19(14)28)27(12-23)21(30)16-9-13-5-3-4-6-15(13)25-16/h3-6,9,14,17-18,25H,7-8,10-12H2,1-2H3,(H,24,28)(H,26,29)(H,31,32)/t14-,17-,18-/m0/s1. The highest BCUT2D eigenvalue weighted by Crippen LogP contribution is 2.35. The first-order valence-electron chi connectivity index (χ1n) is 10.8. The molecular weight excluding hydrogens is 428 g/mol. The summed E-state index contributed by atoms with van der Waals surface area (Å²) in [6, 6.07) is 7.80. The topological polar surface area (TPSA) is 111 Å². The van der Waals surface area contributed by atoms with Crippen molar-refractivity contribution in [3.05, 3.63) is 36.0 Å². The quantitative estimate of drug-likeness (QED) is 0.497. The van der Waals surface area contributed by atoms with Gasteiger partial charge in [0.1, 0.15) is 11.7 Å². The number of hydrogen-bond donors (Lipinski definition) is 4. The zero-order valence-electron chi connectivity index (χ0n) is 18.2. The van der Waals surface area contributed by atoms with Gasteiger partial charge in [-0.2, -0.15) is 0 Å². The van der Waals surface area contributed by atoms with Crippen LogP contribution in [0.2, 0.25) is 0 Å². The number of thiol groups is 1. The van der Waals surface area contributed by atoms with Crippen molar-refractivity contribution in [3.8, 4) is 0 Å². The van der Waals surface area contributed by atoms with Crippen LogP contribution in [0.3, 0.4) is 0 Å².